The molecule has 1 aliphatic heterocycles. The second kappa shape index (κ2) is 11.1. The molecule has 2 aliphatic rings. The molecule has 4 heteroatoms. The Kier molecular flexibility index (Phi) is 7.97. The van der Waals surface area contributed by atoms with E-state index in [2.05, 4.69) is 36.4 Å². The van der Waals surface area contributed by atoms with Gasteiger partial charge in [-0.05, 0) is 79.9 Å². The highest BCUT2D eigenvalue weighted by Crippen LogP contribution is 2.30. The zero-order valence-corrected chi connectivity index (χ0v) is 19.8. The Hall–Kier alpha value is -2.46. The molecule has 1 heterocycles. The Balaban J connectivity index is 1.16. The highest BCUT2D eigenvalue weighted by atomic mass is 16.3. The third kappa shape index (κ3) is 6.54. The van der Waals surface area contributed by atoms with E-state index in [1.54, 1.807) is 6.92 Å². The Morgan fingerprint density at radius 1 is 0.939 bits per heavy atom. The van der Waals surface area contributed by atoms with E-state index in [0.717, 1.165) is 63.6 Å². The minimum Gasteiger partial charge on any atom is -0.393 e. The van der Waals surface area contributed by atoms with Crippen molar-refractivity contribution in [1.82, 2.24) is 4.90 Å². The van der Waals surface area contributed by atoms with Crippen molar-refractivity contribution in [3.63, 3.8) is 0 Å². The van der Waals surface area contributed by atoms with Crippen molar-refractivity contribution in [2.75, 3.05) is 13.1 Å². The number of nitrogens with zero attached hydrogens (tertiary/aromatic N) is 1. The fourth-order valence-electron chi connectivity index (χ4n) is 5.48. The summed E-state index contributed by atoms with van der Waals surface area (Å²) < 4.78 is 0. The van der Waals surface area contributed by atoms with Crippen molar-refractivity contribution in [2.24, 2.45) is 11.8 Å². The second-order valence-electron chi connectivity index (χ2n) is 10.1. The first-order valence-corrected chi connectivity index (χ1v) is 12.6. The summed E-state index contributed by atoms with van der Waals surface area (Å²) in [4.78, 5) is 26.0. The highest BCUT2D eigenvalue weighted by molar-refractivity contribution is 5.96. The van der Waals surface area contributed by atoms with E-state index in [1.165, 1.54) is 16.7 Å². The number of Topliss-reactive ketones (excluding diaryl/α,β-unsaturated/α-hetero) is 1. The maximum absolute atomic E-state index is 12.6. The number of carbonyl (C=O) groups excluding carboxylic acids is 2. The highest BCUT2D eigenvalue weighted by Gasteiger charge is 2.22. The second-order valence-corrected chi connectivity index (χ2v) is 10.1. The van der Waals surface area contributed by atoms with Crippen molar-refractivity contribution in [3.05, 3.63) is 70.8 Å². The molecule has 0 bridgehead atoms. The molecule has 4 nitrogen and oxygen atoms in total. The van der Waals surface area contributed by atoms with Crippen LogP contribution in [-0.2, 0) is 24.1 Å². The van der Waals surface area contributed by atoms with Crippen LogP contribution in [0.3, 0.4) is 0 Å². The maximum atomic E-state index is 12.6. The summed E-state index contributed by atoms with van der Waals surface area (Å²) >= 11 is 0. The summed E-state index contributed by atoms with van der Waals surface area (Å²) in [5, 5.41) is 10.4. The fourth-order valence-corrected chi connectivity index (χ4v) is 5.48. The average molecular weight is 448 g/mol. The first-order chi connectivity index (χ1) is 16.0. The number of amides is 1. The number of hydrogen-bond acceptors (Lipinski definition) is 3. The molecular weight excluding hydrogens is 410 g/mol. The minimum absolute atomic E-state index is 0.114. The number of ketones is 1. The smallest absolute Gasteiger partial charge is 0.219 e. The van der Waals surface area contributed by atoms with Crippen LogP contribution >= 0.6 is 0 Å². The first-order valence-electron chi connectivity index (χ1n) is 12.6. The zero-order chi connectivity index (χ0) is 23.2. The standard InChI is InChI=1S/C29H37NO3/c1-21(31)30-16-14-23(15-17-30)18-22-6-9-25(10-7-22)29(33)13-12-28(32)11-8-24-19-26-4-2-3-5-27(26)20-24/h2-7,9-10,23-24,28,32H,8,11-20H2,1H3. The summed E-state index contributed by atoms with van der Waals surface area (Å²) in [6.07, 6.45) is 7.65. The van der Waals surface area contributed by atoms with Crippen LogP contribution in [0.15, 0.2) is 48.5 Å². The lowest BCUT2D eigenvalue weighted by atomic mass is 9.89. The molecule has 0 aromatic heterocycles. The van der Waals surface area contributed by atoms with Crippen LogP contribution in [0.2, 0.25) is 0 Å². The molecule has 1 amide bonds. The van der Waals surface area contributed by atoms with Crippen LogP contribution in [0.5, 0.6) is 0 Å². The molecule has 0 spiro atoms. The van der Waals surface area contributed by atoms with Crippen LogP contribution in [-0.4, -0.2) is 40.9 Å². The van der Waals surface area contributed by atoms with Gasteiger partial charge in [-0.15, -0.1) is 0 Å². The van der Waals surface area contributed by atoms with Crippen LogP contribution in [0, 0.1) is 11.8 Å². The van der Waals surface area contributed by atoms with Gasteiger partial charge >= 0.3 is 0 Å². The number of hydrogen-bond donors (Lipinski definition) is 1. The largest absolute Gasteiger partial charge is 0.393 e. The van der Waals surface area contributed by atoms with Crippen molar-refractivity contribution in [3.8, 4) is 0 Å². The van der Waals surface area contributed by atoms with Gasteiger partial charge in [-0.25, -0.2) is 0 Å². The molecule has 1 saturated heterocycles. The van der Waals surface area contributed by atoms with Gasteiger partial charge in [-0.3, -0.25) is 9.59 Å². The molecule has 1 fully saturated rings. The van der Waals surface area contributed by atoms with Crippen molar-refractivity contribution >= 4 is 11.7 Å². The van der Waals surface area contributed by atoms with Gasteiger partial charge in [0.1, 0.15) is 0 Å². The summed E-state index contributed by atoms with van der Waals surface area (Å²) in [5.74, 6) is 1.51. The predicted octanol–water partition coefficient (Wildman–Crippen LogP) is 5.01. The van der Waals surface area contributed by atoms with E-state index in [0.29, 0.717) is 24.7 Å². The Morgan fingerprint density at radius 3 is 2.18 bits per heavy atom. The van der Waals surface area contributed by atoms with E-state index in [4.69, 9.17) is 0 Å². The molecule has 0 radical (unpaired) electrons. The average Bonchev–Trinajstić information content (AvgIpc) is 3.25. The molecule has 2 aromatic rings. The lowest BCUT2D eigenvalue weighted by Gasteiger charge is -2.31. The molecule has 4 rings (SSSR count). The van der Waals surface area contributed by atoms with E-state index < -0.39 is 6.10 Å². The van der Waals surface area contributed by atoms with Gasteiger partial charge < -0.3 is 10.0 Å². The van der Waals surface area contributed by atoms with Crippen LogP contribution in [0.25, 0.3) is 0 Å². The van der Waals surface area contributed by atoms with E-state index in [9.17, 15) is 14.7 Å². The van der Waals surface area contributed by atoms with E-state index in [1.807, 2.05) is 17.0 Å². The third-order valence-electron chi connectivity index (χ3n) is 7.61. The first kappa shape index (κ1) is 23.7. The quantitative estimate of drug-likeness (QED) is 0.550. The number of aliphatic hydroxyl groups excluding tert-OH is 1. The van der Waals surface area contributed by atoms with Crippen molar-refractivity contribution in [2.45, 2.75) is 70.8 Å². The zero-order valence-electron chi connectivity index (χ0n) is 19.8. The molecule has 1 unspecified atom stereocenters. The summed E-state index contributed by atoms with van der Waals surface area (Å²) in [6, 6.07) is 16.6. The SMILES string of the molecule is CC(=O)N1CCC(Cc2ccc(C(=O)CCC(O)CCC3Cc4ccccc4C3)cc2)CC1. The minimum atomic E-state index is -0.405. The molecule has 1 aliphatic carbocycles. The fraction of sp³-hybridized carbons (Fsp3) is 0.517. The van der Waals surface area contributed by atoms with Crippen molar-refractivity contribution in [1.29, 1.82) is 0 Å². The summed E-state index contributed by atoms with van der Waals surface area (Å²) in [6.45, 7) is 3.35. The Labute approximate surface area is 198 Å². The summed E-state index contributed by atoms with van der Waals surface area (Å²) in [7, 11) is 0. The van der Waals surface area contributed by atoms with E-state index in [-0.39, 0.29) is 11.7 Å². The summed E-state index contributed by atoms with van der Waals surface area (Å²) in [5.41, 5.74) is 4.91. The van der Waals surface area contributed by atoms with Crippen LogP contribution < -0.4 is 0 Å². The number of carbonyl (C=O) groups is 2. The molecule has 1 N–H and O–H groups in total. The topological polar surface area (TPSA) is 57.6 Å². The van der Waals surface area contributed by atoms with Crippen LogP contribution in [0.4, 0.5) is 0 Å². The lowest BCUT2D eigenvalue weighted by molar-refractivity contribution is -0.130. The van der Waals surface area contributed by atoms with Gasteiger partial charge in [0, 0.05) is 32.0 Å². The Morgan fingerprint density at radius 2 is 1.58 bits per heavy atom. The van der Waals surface area contributed by atoms with Crippen LogP contribution in [0.1, 0.15) is 72.5 Å². The monoisotopic (exact) mass is 447 g/mol. The van der Waals surface area contributed by atoms with Gasteiger partial charge in [0.25, 0.3) is 0 Å². The molecule has 0 saturated carbocycles. The van der Waals surface area contributed by atoms with Gasteiger partial charge in [0.15, 0.2) is 5.78 Å². The maximum Gasteiger partial charge on any atom is 0.219 e. The number of likely N-dealkylation sites (tertiary alicyclic amines) is 1. The lowest BCUT2D eigenvalue weighted by Crippen LogP contribution is -2.37. The molecule has 33 heavy (non-hydrogen) atoms. The normalized spacial score (nSPS) is 17.7. The molecule has 2 aromatic carbocycles. The third-order valence-corrected chi connectivity index (χ3v) is 7.61. The molecule has 176 valence electrons. The number of benzene rings is 2. The number of aliphatic hydroxyl groups is 1. The van der Waals surface area contributed by atoms with Gasteiger partial charge in [-0.2, -0.15) is 0 Å². The number of piperidine rings is 1. The molecular formula is C29H37NO3. The Bertz CT molecular complexity index is 919. The number of fused-ring (bicyclic) bond motifs is 1. The number of rotatable bonds is 9. The molecule has 1 atom stereocenters. The van der Waals surface area contributed by atoms with Gasteiger partial charge in [0.05, 0.1) is 6.10 Å². The van der Waals surface area contributed by atoms with Crippen molar-refractivity contribution < 1.29 is 14.7 Å². The van der Waals surface area contributed by atoms with Gasteiger partial charge in [-0.1, -0.05) is 48.5 Å². The van der Waals surface area contributed by atoms with E-state index >= 15 is 0 Å². The van der Waals surface area contributed by atoms with Gasteiger partial charge in [0.2, 0.25) is 5.91 Å². The predicted molar refractivity (Wildman–Crippen MR) is 131 cm³/mol.